The number of amides is 1. The molecular formula is C15H19BrN2O6. The average molecular weight is 403 g/mol. The molecular weight excluding hydrogens is 384 g/mol. The van der Waals surface area contributed by atoms with Gasteiger partial charge in [0.15, 0.2) is 5.82 Å². The lowest BCUT2D eigenvalue weighted by Gasteiger charge is -2.22. The molecule has 0 unspecified atom stereocenters. The smallest absolute Gasteiger partial charge is 0.341 e. The Morgan fingerprint density at radius 3 is 2.54 bits per heavy atom. The van der Waals surface area contributed by atoms with Crippen LogP contribution < -0.4 is 5.06 Å². The van der Waals surface area contributed by atoms with E-state index < -0.39 is 24.3 Å². The highest BCUT2D eigenvalue weighted by Crippen LogP contribution is 2.24. The molecule has 24 heavy (non-hydrogen) atoms. The third kappa shape index (κ3) is 5.57. The maximum absolute atomic E-state index is 12.4. The summed E-state index contributed by atoms with van der Waals surface area (Å²) in [6.07, 6.45) is 2.40. The van der Waals surface area contributed by atoms with E-state index in [0.29, 0.717) is 10.9 Å². The molecule has 9 heteroatoms. The molecule has 0 saturated carbocycles. The van der Waals surface area contributed by atoms with Gasteiger partial charge in [-0.1, -0.05) is 13.3 Å². The van der Waals surface area contributed by atoms with Crippen molar-refractivity contribution in [3.8, 4) is 0 Å². The van der Waals surface area contributed by atoms with Crippen LogP contribution in [0.25, 0.3) is 0 Å². The Bertz CT molecular complexity index is 608. The topological polar surface area (TPSA) is 95.0 Å². The molecule has 0 saturated heterocycles. The van der Waals surface area contributed by atoms with Crippen LogP contribution in [0.2, 0.25) is 0 Å². The minimum atomic E-state index is -0.721. The van der Waals surface area contributed by atoms with Crippen molar-refractivity contribution in [1.82, 2.24) is 4.98 Å². The molecule has 0 aromatic carbocycles. The summed E-state index contributed by atoms with van der Waals surface area (Å²) in [5, 5.41) is 0.839. The average Bonchev–Trinajstić information content (AvgIpc) is 2.58. The van der Waals surface area contributed by atoms with Gasteiger partial charge >= 0.3 is 11.9 Å². The second-order valence-electron chi connectivity index (χ2n) is 4.64. The molecule has 1 aromatic heterocycles. The lowest BCUT2D eigenvalue weighted by Crippen LogP contribution is -2.35. The molecule has 0 spiro atoms. The lowest BCUT2D eigenvalue weighted by atomic mass is 10.2. The number of carbonyl (C=O) groups excluding carboxylic acids is 3. The summed E-state index contributed by atoms with van der Waals surface area (Å²) < 4.78 is 9.72. The van der Waals surface area contributed by atoms with Gasteiger partial charge in [-0.2, -0.15) is 5.06 Å². The summed E-state index contributed by atoms with van der Waals surface area (Å²) >= 11 is 3.21. The van der Waals surface area contributed by atoms with Crippen LogP contribution in [0.3, 0.4) is 0 Å². The fourth-order valence-corrected chi connectivity index (χ4v) is 2.00. The van der Waals surface area contributed by atoms with Crippen LogP contribution >= 0.6 is 15.9 Å². The second kappa shape index (κ2) is 9.99. The van der Waals surface area contributed by atoms with Crippen LogP contribution in [0.1, 0.15) is 36.5 Å². The first-order chi connectivity index (χ1) is 11.4. The Kier molecular flexibility index (Phi) is 8.34. The van der Waals surface area contributed by atoms with Crippen molar-refractivity contribution in [2.45, 2.75) is 26.2 Å². The summed E-state index contributed by atoms with van der Waals surface area (Å²) in [7, 11) is 2.39. The fourth-order valence-electron chi connectivity index (χ4n) is 1.67. The van der Waals surface area contributed by atoms with Crippen molar-refractivity contribution in [3.05, 3.63) is 22.3 Å². The van der Waals surface area contributed by atoms with E-state index in [0.717, 1.165) is 11.5 Å². The molecule has 0 N–H and O–H groups in total. The number of hydroxylamine groups is 1. The molecule has 1 aromatic rings. The third-order valence-corrected chi connectivity index (χ3v) is 3.33. The Morgan fingerprint density at radius 2 is 1.96 bits per heavy atom. The summed E-state index contributed by atoms with van der Waals surface area (Å²) in [6, 6.07) is 1.45. The number of rotatable bonds is 8. The van der Waals surface area contributed by atoms with Crippen molar-refractivity contribution in [2.24, 2.45) is 0 Å². The molecule has 1 rings (SSSR count). The number of pyridine rings is 1. The molecule has 132 valence electrons. The van der Waals surface area contributed by atoms with Gasteiger partial charge in [0.05, 0.1) is 20.8 Å². The van der Waals surface area contributed by atoms with Gasteiger partial charge in [0.2, 0.25) is 0 Å². The first-order valence-electron chi connectivity index (χ1n) is 7.21. The monoisotopic (exact) mass is 402 g/mol. The van der Waals surface area contributed by atoms with Crippen LogP contribution in [0.5, 0.6) is 0 Å². The van der Waals surface area contributed by atoms with Crippen molar-refractivity contribution < 1.29 is 28.7 Å². The number of anilines is 1. The summed E-state index contributed by atoms with van der Waals surface area (Å²) in [5.41, 5.74) is 0.0292. The molecule has 0 fully saturated rings. The largest absolute Gasteiger partial charge is 0.469 e. The third-order valence-electron chi connectivity index (χ3n) is 2.90. The van der Waals surface area contributed by atoms with Crippen LogP contribution in [0, 0.1) is 0 Å². The number of hydrogen-bond donors (Lipinski definition) is 0. The van der Waals surface area contributed by atoms with Gasteiger partial charge in [0.25, 0.3) is 5.91 Å². The van der Waals surface area contributed by atoms with Crippen LogP contribution in [-0.2, 0) is 23.9 Å². The number of halogens is 1. The normalized spacial score (nSPS) is 10.2. The van der Waals surface area contributed by atoms with Crippen molar-refractivity contribution in [2.75, 3.05) is 25.9 Å². The van der Waals surface area contributed by atoms with Crippen molar-refractivity contribution >= 4 is 39.6 Å². The lowest BCUT2D eigenvalue weighted by molar-refractivity contribution is -0.145. The highest BCUT2D eigenvalue weighted by molar-refractivity contribution is 9.10. The highest BCUT2D eigenvalue weighted by atomic mass is 79.9. The number of ether oxygens (including phenoxy) is 2. The van der Waals surface area contributed by atoms with E-state index in [4.69, 9.17) is 9.57 Å². The Balaban J connectivity index is 3.20. The number of unbranched alkanes of at least 4 members (excludes halogenated alkanes) is 1. The molecule has 0 aliphatic carbocycles. The van der Waals surface area contributed by atoms with Crippen LogP contribution in [0.4, 0.5) is 5.82 Å². The summed E-state index contributed by atoms with van der Waals surface area (Å²) in [4.78, 5) is 45.2. The van der Waals surface area contributed by atoms with Gasteiger partial charge in [0.1, 0.15) is 12.0 Å². The molecule has 8 nitrogen and oxygen atoms in total. The Hall–Kier alpha value is -2.00. The summed E-state index contributed by atoms with van der Waals surface area (Å²) in [6.45, 7) is 2.18. The first-order valence-corrected chi connectivity index (χ1v) is 8.00. The van der Waals surface area contributed by atoms with E-state index in [2.05, 4.69) is 25.7 Å². The Labute approximate surface area is 148 Å². The van der Waals surface area contributed by atoms with Gasteiger partial charge < -0.3 is 9.47 Å². The first kappa shape index (κ1) is 20.0. The number of carbonyl (C=O) groups is 3. The van der Waals surface area contributed by atoms with E-state index in [1.165, 1.54) is 26.5 Å². The number of esters is 2. The molecule has 1 amide bonds. The van der Waals surface area contributed by atoms with E-state index >= 15 is 0 Å². The predicted octanol–water partition coefficient (Wildman–Crippen LogP) is 2.26. The van der Waals surface area contributed by atoms with E-state index in [1.54, 1.807) is 0 Å². The fraction of sp³-hybridized carbons (Fsp3) is 0.467. The Morgan fingerprint density at radius 1 is 1.25 bits per heavy atom. The van der Waals surface area contributed by atoms with Gasteiger partial charge in [-0.15, -0.1) is 0 Å². The van der Waals surface area contributed by atoms with Gasteiger partial charge in [0, 0.05) is 10.7 Å². The number of hydrogen-bond acceptors (Lipinski definition) is 7. The van der Waals surface area contributed by atoms with E-state index in [9.17, 15) is 14.4 Å². The van der Waals surface area contributed by atoms with Gasteiger partial charge in [-0.25, -0.2) is 9.78 Å². The zero-order valence-electron chi connectivity index (χ0n) is 13.7. The van der Waals surface area contributed by atoms with Crippen LogP contribution in [0.15, 0.2) is 16.7 Å². The number of methoxy groups -OCH3 is 2. The van der Waals surface area contributed by atoms with Crippen molar-refractivity contribution in [1.29, 1.82) is 0 Å². The quantitative estimate of drug-likeness (QED) is 0.284. The molecule has 0 bridgehead atoms. The maximum Gasteiger partial charge on any atom is 0.341 e. The molecule has 1 heterocycles. The molecule has 0 atom stereocenters. The zero-order valence-corrected chi connectivity index (χ0v) is 15.3. The van der Waals surface area contributed by atoms with E-state index in [1.807, 2.05) is 6.92 Å². The highest BCUT2D eigenvalue weighted by Gasteiger charge is 2.27. The predicted molar refractivity (Wildman–Crippen MR) is 88.3 cm³/mol. The van der Waals surface area contributed by atoms with Crippen LogP contribution in [-0.4, -0.2) is 43.7 Å². The standard InChI is InChI=1S/C15H19BrN2O6/c1-4-5-6-24-18(12(19)8-13(20)22-2)14-11(15(21)23-3)7-10(16)9-17-14/h7,9H,4-6,8H2,1-3H3. The van der Waals surface area contributed by atoms with Gasteiger partial charge in [-0.3, -0.25) is 14.4 Å². The SMILES string of the molecule is CCCCON(C(=O)CC(=O)OC)c1ncc(Br)cc1C(=O)OC. The number of nitrogens with zero attached hydrogens (tertiary/aromatic N) is 2. The molecule has 0 aliphatic rings. The minimum Gasteiger partial charge on any atom is -0.469 e. The molecule has 0 aliphatic heterocycles. The number of aromatic nitrogens is 1. The van der Waals surface area contributed by atoms with Crippen molar-refractivity contribution in [3.63, 3.8) is 0 Å². The minimum absolute atomic E-state index is 0.0292. The summed E-state index contributed by atoms with van der Waals surface area (Å²) in [5.74, 6) is -2.15. The maximum atomic E-state index is 12.4. The van der Waals surface area contributed by atoms with E-state index in [-0.39, 0.29) is 18.0 Å². The second-order valence-corrected chi connectivity index (χ2v) is 5.56. The zero-order chi connectivity index (χ0) is 18.1. The van der Waals surface area contributed by atoms with Gasteiger partial charge in [-0.05, 0) is 28.4 Å². The molecule has 0 radical (unpaired) electrons.